The van der Waals surface area contributed by atoms with Gasteiger partial charge in [0.1, 0.15) is 18.6 Å². The van der Waals surface area contributed by atoms with Gasteiger partial charge >= 0.3 is 6.18 Å². The van der Waals surface area contributed by atoms with Crippen molar-refractivity contribution in [3.8, 4) is 22.8 Å². The van der Waals surface area contributed by atoms with E-state index in [1.807, 2.05) is 0 Å². The van der Waals surface area contributed by atoms with Gasteiger partial charge in [-0.2, -0.15) is 13.2 Å². The van der Waals surface area contributed by atoms with Gasteiger partial charge < -0.3 is 19.9 Å². The van der Waals surface area contributed by atoms with Gasteiger partial charge in [-0.1, -0.05) is 30.3 Å². The van der Waals surface area contributed by atoms with Crippen molar-refractivity contribution in [3.05, 3.63) is 77.9 Å². The highest BCUT2D eigenvalue weighted by atomic mass is 19.4. The molecule has 8 nitrogen and oxygen atoms in total. The molecule has 192 valence electrons. The Hall–Kier alpha value is -4.25. The van der Waals surface area contributed by atoms with Crippen molar-refractivity contribution in [1.29, 1.82) is 0 Å². The van der Waals surface area contributed by atoms with Crippen LogP contribution in [0.2, 0.25) is 0 Å². The number of carbonyl (C=O) groups is 1. The van der Waals surface area contributed by atoms with E-state index in [0.29, 0.717) is 46.9 Å². The van der Waals surface area contributed by atoms with Gasteiger partial charge in [-0.05, 0) is 23.3 Å². The largest absolute Gasteiger partial charge is 0.493 e. The standard InChI is InChI=1S/C26H23F3N4O4/c1-35-9-10-37-21-12-19-18(11-20(21)36-2)24(33-14-32-19)16-5-3-15(4-6-16)23(25(30)34)17-7-8-22(31-13-17)26(27,28)29/h3-8,11-14,23H,9-10H2,1-2H3,(H2,30,34). The molecule has 2 heterocycles. The molecule has 0 saturated carbocycles. The minimum atomic E-state index is -4.58. The van der Waals surface area contributed by atoms with E-state index < -0.39 is 23.7 Å². The van der Waals surface area contributed by atoms with Crippen LogP contribution in [0.1, 0.15) is 22.7 Å². The molecule has 1 amide bonds. The van der Waals surface area contributed by atoms with Crippen LogP contribution in [0.4, 0.5) is 13.2 Å². The number of halogens is 3. The summed E-state index contributed by atoms with van der Waals surface area (Å²) in [5, 5.41) is 0.713. The summed E-state index contributed by atoms with van der Waals surface area (Å²) in [6, 6.07) is 12.4. The van der Waals surface area contributed by atoms with Gasteiger partial charge in [0.15, 0.2) is 11.5 Å². The minimum absolute atomic E-state index is 0.256. The molecular formula is C26H23F3N4O4. The fraction of sp³-hybridized carbons (Fsp3) is 0.231. The number of methoxy groups -OCH3 is 2. The van der Waals surface area contributed by atoms with Crippen LogP contribution in [0.25, 0.3) is 22.2 Å². The zero-order valence-corrected chi connectivity index (χ0v) is 20.0. The lowest BCUT2D eigenvalue weighted by molar-refractivity contribution is -0.141. The van der Waals surface area contributed by atoms with E-state index in [1.54, 1.807) is 43.5 Å². The van der Waals surface area contributed by atoms with E-state index in [0.717, 1.165) is 17.8 Å². The second-order valence-corrected chi connectivity index (χ2v) is 8.02. The highest BCUT2D eigenvalue weighted by Crippen LogP contribution is 2.36. The van der Waals surface area contributed by atoms with Gasteiger partial charge in [-0.25, -0.2) is 9.97 Å². The molecule has 1 unspecified atom stereocenters. The molecule has 2 aromatic heterocycles. The first-order valence-electron chi connectivity index (χ1n) is 11.1. The number of alkyl halides is 3. The Kier molecular flexibility index (Phi) is 7.53. The number of fused-ring (bicyclic) bond motifs is 1. The van der Waals surface area contributed by atoms with Crippen molar-refractivity contribution in [1.82, 2.24) is 15.0 Å². The molecule has 0 fully saturated rings. The number of rotatable bonds is 9. The molecule has 11 heteroatoms. The van der Waals surface area contributed by atoms with Crippen LogP contribution in [0.5, 0.6) is 11.5 Å². The van der Waals surface area contributed by atoms with Crippen molar-refractivity contribution in [3.63, 3.8) is 0 Å². The van der Waals surface area contributed by atoms with Crippen LogP contribution < -0.4 is 15.2 Å². The van der Waals surface area contributed by atoms with Crippen molar-refractivity contribution in [2.45, 2.75) is 12.1 Å². The lowest BCUT2D eigenvalue weighted by atomic mass is 9.90. The third kappa shape index (κ3) is 5.61. The Morgan fingerprint density at radius 2 is 1.68 bits per heavy atom. The molecule has 4 rings (SSSR count). The third-order valence-electron chi connectivity index (χ3n) is 5.68. The number of hydrogen-bond acceptors (Lipinski definition) is 7. The first-order valence-corrected chi connectivity index (χ1v) is 11.1. The Balaban J connectivity index is 1.68. The lowest BCUT2D eigenvalue weighted by Gasteiger charge is -2.16. The highest BCUT2D eigenvalue weighted by molar-refractivity contribution is 5.94. The van der Waals surface area contributed by atoms with Gasteiger partial charge in [0.25, 0.3) is 0 Å². The van der Waals surface area contributed by atoms with Gasteiger partial charge in [0.2, 0.25) is 5.91 Å². The molecule has 2 aromatic carbocycles. The zero-order chi connectivity index (χ0) is 26.6. The number of benzene rings is 2. The second kappa shape index (κ2) is 10.8. The molecule has 0 aliphatic rings. The van der Waals surface area contributed by atoms with Crippen LogP contribution >= 0.6 is 0 Å². The summed E-state index contributed by atoms with van der Waals surface area (Å²) in [6.07, 6.45) is -2.14. The molecule has 0 aliphatic carbocycles. The molecular weight excluding hydrogens is 489 g/mol. The topological polar surface area (TPSA) is 109 Å². The van der Waals surface area contributed by atoms with Crippen molar-refractivity contribution in [2.75, 3.05) is 27.4 Å². The predicted octanol–water partition coefficient (Wildman–Crippen LogP) is 4.36. The summed E-state index contributed by atoms with van der Waals surface area (Å²) in [5.74, 6) is -0.674. The summed E-state index contributed by atoms with van der Waals surface area (Å²) in [7, 11) is 3.11. The molecule has 37 heavy (non-hydrogen) atoms. The van der Waals surface area contributed by atoms with Crippen molar-refractivity contribution < 1.29 is 32.2 Å². The summed E-state index contributed by atoms with van der Waals surface area (Å²) in [6.45, 7) is 0.755. The number of carbonyl (C=O) groups excluding carboxylic acids is 1. The highest BCUT2D eigenvalue weighted by Gasteiger charge is 2.32. The first kappa shape index (κ1) is 25.8. The molecule has 0 spiro atoms. The number of hydrogen-bond donors (Lipinski definition) is 1. The Morgan fingerprint density at radius 3 is 2.27 bits per heavy atom. The van der Waals surface area contributed by atoms with E-state index in [1.165, 1.54) is 19.5 Å². The number of nitrogens with zero attached hydrogens (tertiary/aromatic N) is 3. The van der Waals surface area contributed by atoms with E-state index in [4.69, 9.17) is 19.9 Å². The van der Waals surface area contributed by atoms with Crippen molar-refractivity contribution >= 4 is 16.8 Å². The summed E-state index contributed by atoms with van der Waals surface area (Å²) < 4.78 is 54.9. The Bertz CT molecular complexity index is 1390. The SMILES string of the molecule is COCCOc1cc2ncnc(-c3ccc(C(C(N)=O)c4ccc(C(F)(F)F)nc4)cc3)c2cc1OC. The Labute approximate surface area is 210 Å². The number of nitrogens with two attached hydrogens (primary N) is 1. The van der Waals surface area contributed by atoms with Crippen LogP contribution in [0.3, 0.4) is 0 Å². The molecule has 2 N–H and O–H groups in total. The minimum Gasteiger partial charge on any atom is -0.493 e. The monoisotopic (exact) mass is 512 g/mol. The predicted molar refractivity (Wildman–Crippen MR) is 129 cm³/mol. The number of ether oxygens (including phenoxy) is 3. The molecule has 4 aromatic rings. The summed E-state index contributed by atoms with van der Waals surface area (Å²) in [4.78, 5) is 24.4. The summed E-state index contributed by atoms with van der Waals surface area (Å²) >= 11 is 0. The zero-order valence-electron chi connectivity index (χ0n) is 20.0. The number of primary amides is 1. The number of pyridine rings is 1. The molecule has 0 saturated heterocycles. The summed E-state index contributed by atoms with van der Waals surface area (Å²) in [5.41, 5.74) is 7.28. The van der Waals surface area contributed by atoms with E-state index in [2.05, 4.69) is 15.0 Å². The lowest BCUT2D eigenvalue weighted by Crippen LogP contribution is -2.23. The maximum absolute atomic E-state index is 12.9. The Morgan fingerprint density at radius 1 is 0.946 bits per heavy atom. The smallest absolute Gasteiger partial charge is 0.433 e. The molecule has 0 bridgehead atoms. The van der Waals surface area contributed by atoms with Crippen LogP contribution in [-0.4, -0.2) is 48.3 Å². The fourth-order valence-corrected chi connectivity index (χ4v) is 3.90. The van der Waals surface area contributed by atoms with Gasteiger partial charge in [0, 0.05) is 30.3 Å². The normalized spacial score (nSPS) is 12.4. The van der Waals surface area contributed by atoms with Crippen molar-refractivity contribution in [2.24, 2.45) is 5.73 Å². The van der Waals surface area contributed by atoms with E-state index in [-0.39, 0.29) is 5.56 Å². The maximum Gasteiger partial charge on any atom is 0.433 e. The van der Waals surface area contributed by atoms with Crippen LogP contribution in [0.15, 0.2) is 61.1 Å². The fourth-order valence-electron chi connectivity index (χ4n) is 3.90. The number of aromatic nitrogens is 3. The van der Waals surface area contributed by atoms with E-state index in [9.17, 15) is 18.0 Å². The van der Waals surface area contributed by atoms with Crippen LogP contribution in [0, 0.1) is 0 Å². The maximum atomic E-state index is 12.9. The van der Waals surface area contributed by atoms with Gasteiger partial charge in [-0.15, -0.1) is 0 Å². The second-order valence-electron chi connectivity index (χ2n) is 8.02. The first-order chi connectivity index (χ1) is 17.7. The van der Waals surface area contributed by atoms with Gasteiger partial charge in [-0.3, -0.25) is 9.78 Å². The number of amides is 1. The average molecular weight is 512 g/mol. The molecule has 0 aliphatic heterocycles. The third-order valence-corrected chi connectivity index (χ3v) is 5.68. The van der Waals surface area contributed by atoms with Gasteiger partial charge in [0.05, 0.1) is 30.8 Å². The molecule has 1 atom stereocenters. The average Bonchev–Trinajstić information content (AvgIpc) is 2.88. The van der Waals surface area contributed by atoms with Crippen LogP contribution in [-0.2, 0) is 15.7 Å². The van der Waals surface area contributed by atoms with E-state index >= 15 is 0 Å². The quantitative estimate of drug-likeness (QED) is 0.332. The molecule has 0 radical (unpaired) electrons.